The van der Waals surface area contributed by atoms with Crippen molar-refractivity contribution in [3.05, 3.63) is 65.7 Å². The summed E-state index contributed by atoms with van der Waals surface area (Å²) in [4.78, 5) is 38.8. The van der Waals surface area contributed by atoms with E-state index in [-0.39, 0.29) is 30.1 Å². The molecule has 152 valence electrons. The fourth-order valence-corrected chi connectivity index (χ4v) is 3.52. The van der Waals surface area contributed by atoms with Crippen LogP contribution in [0.2, 0.25) is 0 Å². The van der Waals surface area contributed by atoms with Crippen LogP contribution in [0.1, 0.15) is 35.2 Å². The number of carbonyl (C=O) groups excluding carboxylic acids is 3. The molecule has 6 nitrogen and oxygen atoms in total. The predicted molar refractivity (Wildman–Crippen MR) is 113 cm³/mol. The molecule has 6 heteroatoms. The van der Waals surface area contributed by atoms with E-state index in [0.717, 1.165) is 11.3 Å². The number of benzene rings is 2. The molecule has 0 spiro atoms. The molecule has 1 heterocycles. The molecule has 1 fully saturated rings. The number of nitrogens with zero attached hydrogens (tertiary/aromatic N) is 1. The zero-order valence-electron chi connectivity index (χ0n) is 16.7. The van der Waals surface area contributed by atoms with Crippen LogP contribution in [-0.2, 0) is 9.59 Å². The third-order valence-electron chi connectivity index (χ3n) is 5.27. The van der Waals surface area contributed by atoms with E-state index in [4.69, 9.17) is 0 Å². The van der Waals surface area contributed by atoms with Gasteiger partial charge in [0.15, 0.2) is 0 Å². The molecule has 1 aliphatic heterocycles. The fourth-order valence-electron chi connectivity index (χ4n) is 3.52. The topological polar surface area (TPSA) is 78.5 Å². The normalized spacial score (nSPS) is 14.3. The number of aryl methyl sites for hydroxylation is 1. The van der Waals surface area contributed by atoms with Crippen molar-refractivity contribution in [1.82, 2.24) is 10.2 Å². The van der Waals surface area contributed by atoms with Crippen molar-refractivity contribution in [3.8, 4) is 0 Å². The van der Waals surface area contributed by atoms with E-state index in [1.54, 1.807) is 11.0 Å². The average Bonchev–Trinajstić information content (AvgIpc) is 2.74. The van der Waals surface area contributed by atoms with Gasteiger partial charge in [0.25, 0.3) is 5.91 Å². The van der Waals surface area contributed by atoms with Crippen molar-refractivity contribution in [1.29, 1.82) is 0 Å². The maximum absolute atomic E-state index is 12.4. The molecule has 0 atom stereocenters. The van der Waals surface area contributed by atoms with Crippen LogP contribution >= 0.6 is 0 Å². The smallest absolute Gasteiger partial charge is 0.251 e. The maximum Gasteiger partial charge on any atom is 0.251 e. The quantitative estimate of drug-likeness (QED) is 0.792. The second kappa shape index (κ2) is 9.87. The van der Waals surface area contributed by atoms with Gasteiger partial charge in [-0.15, -0.1) is 0 Å². The number of piperidine rings is 1. The summed E-state index contributed by atoms with van der Waals surface area (Å²) in [7, 11) is 0. The number of amides is 3. The van der Waals surface area contributed by atoms with E-state index in [9.17, 15) is 14.4 Å². The number of anilines is 1. The summed E-state index contributed by atoms with van der Waals surface area (Å²) in [6.07, 6.45) is 1.57. The zero-order chi connectivity index (χ0) is 20.6. The zero-order valence-corrected chi connectivity index (χ0v) is 16.7. The highest BCUT2D eigenvalue weighted by molar-refractivity contribution is 5.95. The molecule has 0 radical (unpaired) electrons. The van der Waals surface area contributed by atoms with Crippen molar-refractivity contribution in [2.75, 3.05) is 25.0 Å². The van der Waals surface area contributed by atoms with E-state index in [0.29, 0.717) is 38.0 Å². The van der Waals surface area contributed by atoms with Crippen molar-refractivity contribution < 1.29 is 14.4 Å². The van der Waals surface area contributed by atoms with Gasteiger partial charge in [-0.2, -0.15) is 0 Å². The van der Waals surface area contributed by atoms with Gasteiger partial charge >= 0.3 is 0 Å². The van der Waals surface area contributed by atoms with E-state index in [2.05, 4.69) is 10.6 Å². The fraction of sp³-hybridized carbons (Fsp3) is 0.348. The van der Waals surface area contributed by atoms with E-state index in [1.807, 2.05) is 55.5 Å². The number of hydrogen-bond acceptors (Lipinski definition) is 3. The Morgan fingerprint density at radius 1 is 0.966 bits per heavy atom. The predicted octanol–water partition coefficient (Wildman–Crippen LogP) is 2.99. The largest absolute Gasteiger partial charge is 0.352 e. The summed E-state index contributed by atoms with van der Waals surface area (Å²) in [6, 6.07) is 16.8. The van der Waals surface area contributed by atoms with Gasteiger partial charge in [0.05, 0.1) is 0 Å². The third kappa shape index (κ3) is 5.67. The van der Waals surface area contributed by atoms with Crippen molar-refractivity contribution in [2.24, 2.45) is 5.92 Å². The van der Waals surface area contributed by atoms with Crippen LogP contribution in [0, 0.1) is 12.8 Å². The van der Waals surface area contributed by atoms with E-state index < -0.39 is 0 Å². The molecule has 0 aliphatic carbocycles. The first-order valence-corrected chi connectivity index (χ1v) is 10.0. The Kier molecular flexibility index (Phi) is 7.00. The summed E-state index contributed by atoms with van der Waals surface area (Å²) >= 11 is 0. The van der Waals surface area contributed by atoms with Gasteiger partial charge in [-0.05, 0) is 43.5 Å². The van der Waals surface area contributed by atoms with E-state index in [1.165, 1.54) is 0 Å². The van der Waals surface area contributed by atoms with Gasteiger partial charge in [-0.3, -0.25) is 14.4 Å². The number of hydrogen-bond donors (Lipinski definition) is 2. The highest BCUT2D eigenvalue weighted by Gasteiger charge is 2.27. The molecule has 2 aromatic carbocycles. The highest BCUT2D eigenvalue weighted by Crippen LogP contribution is 2.20. The summed E-state index contributed by atoms with van der Waals surface area (Å²) in [5.74, 6) is -0.224. The lowest BCUT2D eigenvalue weighted by atomic mass is 9.95. The van der Waals surface area contributed by atoms with Crippen LogP contribution in [0.3, 0.4) is 0 Å². The Bertz CT molecular complexity index is 859. The first kappa shape index (κ1) is 20.6. The van der Waals surface area contributed by atoms with Crippen LogP contribution in [0.4, 0.5) is 5.69 Å². The lowest BCUT2D eigenvalue weighted by Crippen LogP contribution is -2.42. The lowest BCUT2D eigenvalue weighted by Gasteiger charge is -2.31. The van der Waals surface area contributed by atoms with Crippen LogP contribution < -0.4 is 10.6 Å². The molecular weight excluding hydrogens is 366 g/mol. The lowest BCUT2D eigenvalue weighted by molar-refractivity contribution is -0.134. The maximum atomic E-state index is 12.4. The number of rotatable bonds is 6. The SMILES string of the molecule is Cc1ccccc1C(=O)NCCC(=O)N1CCC(C(=O)Nc2ccccc2)CC1. The Morgan fingerprint density at radius 3 is 2.31 bits per heavy atom. The molecular formula is C23H27N3O3. The molecule has 0 saturated carbocycles. The summed E-state index contributed by atoms with van der Waals surface area (Å²) in [6.45, 7) is 3.33. The van der Waals surface area contributed by atoms with Crippen molar-refractivity contribution >= 4 is 23.4 Å². The first-order valence-electron chi connectivity index (χ1n) is 10.0. The second-order valence-electron chi connectivity index (χ2n) is 7.33. The number of carbonyl (C=O) groups is 3. The minimum absolute atomic E-state index is 0.00814. The Hall–Kier alpha value is -3.15. The first-order chi connectivity index (χ1) is 14.0. The highest BCUT2D eigenvalue weighted by atomic mass is 16.2. The van der Waals surface area contributed by atoms with E-state index >= 15 is 0 Å². The van der Waals surface area contributed by atoms with Crippen LogP contribution in [-0.4, -0.2) is 42.3 Å². The Labute approximate surface area is 171 Å². The molecule has 1 saturated heterocycles. The van der Waals surface area contributed by atoms with Gasteiger partial charge in [0.1, 0.15) is 0 Å². The summed E-state index contributed by atoms with van der Waals surface area (Å²) in [5.41, 5.74) is 2.33. The molecule has 3 rings (SSSR count). The van der Waals surface area contributed by atoms with Gasteiger partial charge in [0, 0.05) is 43.2 Å². The molecule has 29 heavy (non-hydrogen) atoms. The van der Waals surface area contributed by atoms with Gasteiger partial charge in [-0.1, -0.05) is 36.4 Å². The van der Waals surface area contributed by atoms with Gasteiger partial charge in [0.2, 0.25) is 11.8 Å². The molecule has 3 amide bonds. The molecule has 0 aromatic heterocycles. The van der Waals surface area contributed by atoms with Crippen molar-refractivity contribution in [3.63, 3.8) is 0 Å². The Morgan fingerprint density at radius 2 is 1.62 bits per heavy atom. The molecule has 2 aromatic rings. The summed E-state index contributed by atoms with van der Waals surface area (Å²) < 4.78 is 0. The number of likely N-dealkylation sites (tertiary alicyclic amines) is 1. The van der Waals surface area contributed by atoms with Crippen LogP contribution in [0.5, 0.6) is 0 Å². The standard InChI is InChI=1S/C23H27N3O3/c1-17-7-5-6-10-20(17)23(29)24-14-11-21(27)26-15-12-18(13-16-26)22(28)25-19-8-3-2-4-9-19/h2-10,18H,11-16H2,1H3,(H,24,29)(H,25,28). The minimum Gasteiger partial charge on any atom is -0.352 e. The number of para-hydroxylation sites is 1. The molecule has 1 aliphatic rings. The van der Waals surface area contributed by atoms with Gasteiger partial charge in [-0.25, -0.2) is 0 Å². The average molecular weight is 393 g/mol. The van der Waals surface area contributed by atoms with Crippen LogP contribution in [0.25, 0.3) is 0 Å². The third-order valence-corrected chi connectivity index (χ3v) is 5.27. The number of nitrogens with one attached hydrogen (secondary N) is 2. The molecule has 2 N–H and O–H groups in total. The van der Waals surface area contributed by atoms with Gasteiger partial charge < -0.3 is 15.5 Å². The van der Waals surface area contributed by atoms with Crippen molar-refractivity contribution in [2.45, 2.75) is 26.2 Å². The van der Waals surface area contributed by atoms with Crippen LogP contribution in [0.15, 0.2) is 54.6 Å². The monoisotopic (exact) mass is 393 g/mol. The molecule has 0 unspecified atom stereocenters. The Balaban J connectivity index is 1.39. The summed E-state index contributed by atoms with van der Waals surface area (Å²) in [5, 5.41) is 5.75. The second-order valence-corrected chi connectivity index (χ2v) is 7.33. The molecule has 0 bridgehead atoms. The minimum atomic E-state index is -0.160.